The van der Waals surface area contributed by atoms with Gasteiger partial charge in [-0.15, -0.1) is 0 Å². The maximum Gasteiger partial charge on any atom is 0.223 e. The number of carbonyl (C=O) groups excluding carboxylic acids is 1. The average molecular weight is 284 g/mol. The molecule has 4 heteroatoms. The second-order valence-corrected chi connectivity index (χ2v) is 7.42. The summed E-state index contributed by atoms with van der Waals surface area (Å²) in [7, 11) is 0. The molecule has 0 aromatic carbocycles. The van der Waals surface area contributed by atoms with Gasteiger partial charge in [-0.05, 0) is 44.0 Å². The van der Waals surface area contributed by atoms with Crippen LogP contribution in [0, 0.1) is 5.92 Å². The molecule has 110 valence electrons. The molecule has 2 heterocycles. The maximum absolute atomic E-state index is 12.4. The van der Waals surface area contributed by atoms with Gasteiger partial charge in [0.15, 0.2) is 0 Å². The van der Waals surface area contributed by atoms with Crippen LogP contribution in [0.1, 0.15) is 39.5 Å². The molecule has 0 aromatic heterocycles. The van der Waals surface area contributed by atoms with E-state index in [-0.39, 0.29) is 0 Å². The van der Waals surface area contributed by atoms with Crippen LogP contribution in [-0.4, -0.2) is 59.4 Å². The van der Waals surface area contributed by atoms with Crippen molar-refractivity contribution in [3.63, 3.8) is 0 Å². The van der Waals surface area contributed by atoms with E-state index in [1.807, 2.05) is 11.8 Å². The van der Waals surface area contributed by atoms with Gasteiger partial charge in [0.1, 0.15) is 0 Å². The van der Waals surface area contributed by atoms with Crippen molar-refractivity contribution in [1.82, 2.24) is 9.80 Å². The van der Waals surface area contributed by atoms with Crippen LogP contribution in [0.2, 0.25) is 0 Å². The fraction of sp³-hybridized carbons (Fsp3) is 0.933. The van der Waals surface area contributed by atoms with E-state index in [4.69, 9.17) is 0 Å². The van der Waals surface area contributed by atoms with Gasteiger partial charge in [-0.1, -0.05) is 13.8 Å². The SMILES string of the molecule is CC(C)CC(=O)N1CCCSCC1CN1CCCC1. The largest absolute Gasteiger partial charge is 0.338 e. The summed E-state index contributed by atoms with van der Waals surface area (Å²) in [4.78, 5) is 17.2. The first-order chi connectivity index (χ1) is 9.16. The van der Waals surface area contributed by atoms with E-state index in [1.54, 1.807) is 0 Å². The molecule has 2 fully saturated rings. The highest BCUT2D eigenvalue weighted by Crippen LogP contribution is 2.20. The van der Waals surface area contributed by atoms with Gasteiger partial charge < -0.3 is 9.80 Å². The van der Waals surface area contributed by atoms with Crippen molar-refractivity contribution in [1.29, 1.82) is 0 Å². The topological polar surface area (TPSA) is 23.6 Å². The Labute approximate surface area is 122 Å². The fourth-order valence-electron chi connectivity index (χ4n) is 3.04. The van der Waals surface area contributed by atoms with E-state index in [0.717, 1.165) is 25.3 Å². The summed E-state index contributed by atoms with van der Waals surface area (Å²) in [6.07, 6.45) is 4.53. The Morgan fingerprint density at radius 2 is 1.95 bits per heavy atom. The second-order valence-electron chi connectivity index (χ2n) is 6.28. The number of amides is 1. The molecular formula is C15H28N2OS. The van der Waals surface area contributed by atoms with E-state index in [1.165, 1.54) is 31.7 Å². The van der Waals surface area contributed by atoms with Gasteiger partial charge in [0, 0.05) is 25.3 Å². The number of thioether (sulfide) groups is 1. The monoisotopic (exact) mass is 284 g/mol. The number of likely N-dealkylation sites (tertiary alicyclic amines) is 1. The Kier molecular flexibility index (Phi) is 6.02. The highest BCUT2D eigenvalue weighted by atomic mass is 32.2. The molecule has 2 saturated heterocycles. The molecule has 0 bridgehead atoms. The number of carbonyl (C=O) groups is 1. The lowest BCUT2D eigenvalue weighted by atomic mass is 10.1. The van der Waals surface area contributed by atoms with Gasteiger partial charge in [-0.2, -0.15) is 11.8 Å². The minimum atomic E-state index is 0.377. The summed E-state index contributed by atoms with van der Waals surface area (Å²) in [6.45, 7) is 8.80. The van der Waals surface area contributed by atoms with E-state index in [9.17, 15) is 4.79 Å². The summed E-state index contributed by atoms with van der Waals surface area (Å²) in [5.41, 5.74) is 0. The van der Waals surface area contributed by atoms with Crippen LogP contribution >= 0.6 is 11.8 Å². The molecule has 1 unspecified atom stereocenters. The van der Waals surface area contributed by atoms with Gasteiger partial charge in [-0.25, -0.2) is 0 Å². The van der Waals surface area contributed by atoms with E-state index >= 15 is 0 Å². The minimum absolute atomic E-state index is 0.377. The highest BCUT2D eigenvalue weighted by Gasteiger charge is 2.28. The number of hydrogen-bond donors (Lipinski definition) is 0. The normalized spacial score (nSPS) is 25.8. The lowest BCUT2D eigenvalue weighted by Crippen LogP contribution is -2.47. The van der Waals surface area contributed by atoms with Gasteiger partial charge in [0.2, 0.25) is 5.91 Å². The van der Waals surface area contributed by atoms with Crippen molar-refractivity contribution in [2.24, 2.45) is 5.92 Å². The number of rotatable bonds is 4. The molecule has 0 N–H and O–H groups in total. The van der Waals surface area contributed by atoms with Crippen LogP contribution in [-0.2, 0) is 4.79 Å². The molecule has 0 saturated carbocycles. The molecule has 19 heavy (non-hydrogen) atoms. The molecular weight excluding hydrogens is 256 g/mol. The number of nitrogens with zero attached hydrogens (tertiary/aromatic N) is 2. The third kappa shape index (κ3) is 4.67. The van der Waals surface area contributed by atoms with Crippen molar-refractivity contribution in [3.05, 3.63) is 0 Å². The van der Waals surface area contributed by atoms with Crippen LogP contribution in [0.4, 0.5) is 0 Å². The molecule has 2 rings (SSSR count). The Morgan fingerprint density at radius 1 is 1.21 bits per heavy atom. The molecule has 0 aromatic rings. The molecule has 3 nitrogen and oxygen atoms in total. The summed E-state index contributed by atoms with van der Waals surface area (Å²) >= 11 is 2.03. The van der Waals surface area contributed by atoms with E-state index < -0.39 is 0 Å². The predicted octanol–water partition coefficient (Wildman–Crippen LogP) is 2.46. The quantitative estimate of drug-likeness (QED) is 0.792. The Morgan fingerprint density at radius 3 is 2.63 bits per heavy atom. The third-order valence-corrected chi connectivity index (χ3v) is 5.21. The van der Waals surface area contributed by atoms with Crippen LogP contribution < -0.4 is 0 Å². The zero-order valence-electron chi connectivity index (χ0n) is 12.4. The zero-order chi connectivity index (χ0) is 13.7. The Bertz CT molecular complexity index is 290. The lowest BCUT2D eigenvalue weighted by molar-refractivity contribution is -0.134. The second kappa shape index (κ2) is 7.53. The summed E-state index contributed by atoms with van der Waals surface area (Å²) < 4.78 is 0. The highest BCUT2D eigenvalue weighted by molar-refractivity contribution is 7.99. The Hall–Kier alpha value is -0.220. The summed E-state index contributed by atoms with van der Waals surface area (Å²) in [5, 5.41) is 0. The summed E-state index contributed by atoms with van der Waals surface area (Å²) in [5.74, 6) is 3.18. The molecule has 2 aliphatic heterocycles. The maximum atomic E-state index is 12.4. The van der Waals surface area contributed by atoms with Crippen molar-refractivity contribution in [3.8, 4) is 0 Å². The first-order valence-corrected chi connectivity index (χ1v) is 8.92. The van der Waals surface area contributed by atoms with Gasteiger partial charge in [-0.3, -0.25) is 4.79 Å². The van der Waals surface area contributed by atoms with Crippen molar-refractivity contribution >= 4 is 17.7 Å². The third-order valence-electron chi connectivity index (χ3n) is 4.01. The molecule has 0 radical (unpaired) electrons. The predicted molar refractivity (Wildman–Crippen MR) is 82.6 cm³/mol. The molecule has 1 amide bonds. The van der Waals surface area contributed by atoms with Gasteiger partial charge >= 0.3 is 0 Å². The van der Waals surface area contributed by atoms with Crippen LogP contribution in [0.25, 0.3) is 0 Å². The van der Waals surface area contributed by atoms with Gasteiger partial charge in [0.25, 0.3) is 0 Å². The van der Waals surface area contributed by atoms with Crippen molar-refractivity contribution in [2.75, 3.05) is 37.7 Å². The lowest BCUT2D eigenvalue weighted by Gasteiger charge is -2.33. The molecule has 0 spiro atoms. The minimum Gasteiger partial charge on any atom is -0.338 e. The van der Waals surface area contributed by atoms with Crippen LogP contribution in [0.3, 0.4) is 0 Å². The number of hydrogen-bond acceptors (Lipinski definition) is 3. The van der Waals surface area contributed by atoms with Crippen LogP contribution in [0.5, 0.6) is 0 Å². The fourth-order valence-corrected chi connectivity index (χ4v) is 4.10. The van der Waals surface area contributed by atoms with Crippen molar-refractivity contribution < 1.29 is 4.79 Å². The standard InChI is InChI=1S/C15H28N2OS/c1-13(2)10-15(18)17-8-5-9-19-12-14(17)11-16-6-3-4-7-16/h13-14H,3-12H2,1-2H3. The molecule has 0 aliphatic carbocycles. The zero-order valence-corrected chi connectivity index (χ0v) is 13.3. The average Bonchev–Trinajstić information content (AvgIpc) is 2.73. The van der Waals surface area contributed by atoms with Crippen molar-refractivity contribution in [2.45, 2.75) is 45.6 Å². The Balaban J connectivity index is 1.95. The van der Waals surface area contributed by atoms with Crippen LogP contribution in [0.15, 0.2) is 0 Å². The van der Waals surface area contributed by atoms with E-state index in [0.29, 0.717) is 24.3 Å². The summed E-state index contributed by atoms with van der Waals surface area (Å²) in [6, 6.07) is 0.442. The van der Waals surface area contributed by atoms with E-state index in [2.05, 4.69) is 23.6 Å². The smallest absolute Gasteiger partial charge is 0.223 e. The first-order valence-electron chi connectivity index (χ1n) is 7.76. The molecule has 2 aliphatic rings. The first kappa shape index (κ1) is 15.2. The van der Waals surface area contributed by atoms with Gasteiger partial charge in [0.05, 0.1) is 6.04 Å². The molecule has 1 atom stereocenters.